The van der Waals surface area contributed by atoms with Crippen molar-refractivity contribution in [3.8, 4) is 0 Å². The van der Waals surface area contributed by atoms with E-state index in [4.69, 9.17) is 4.74 Å². The Balaban J connectivity index is 1.58. The number of allylic oxidation sites excluding steroid dienone is 2. The SMILES string of the molecule is CC1=CC(C)=C2C(C1)OC1=Cc3c(ccc4ccccc34)CN1C1(C)C=CC21C. The molecule has 2 aromatic rings. The zero-order valence-electron chi connectivity index (χ0n) is 17.6. The molecule has 29 heavy (non-hydrogen) atoms. The molecule has 0 radical (unpaired) electrons. The molecule has 6 rings (SSSR count). The molecule has 3 atom stereocenters. The summed E-state index contributed by atoms with van der Waals surface area (Å²) in [6.07, 6.45) is 10.5. The molecule has 0 saturated carbocycles. The van der Waals surface area contributed by atoms with Crippen molar-refractivity contribution in [1.82, 2.24) is 4.90 Å². The average molecular weight is 382 g/mol. The lowest BCUT2D eigenvalue weighted by Crippen LogP contribution is -2.59. The molecule has 2 aromatic carbocycles. The standard InChI is InChI=1S/C27H27NO/c1-17-13-18(2)25-23(14-17)29-24-15-22-20(10-9-19-7-5-6-8-21(19)22)16-28(24)27(4)12-11-26(25,27)3/h5-13,15,23H,14,16H2,1-4H3. The van der Waals surface area contributed by atoms with Gasteiger partial charge in [0, 0.05) is 24.5 Å². The summed E-state index contributed by atoms with van der Waals surface area (Å²) >= 11 is 0. The highest BCUT2D eigenvalue weighted by Gasteiger charge is 2.59. The minimum absolute atomic E-state index is 0.0110. The van der Waals surface area contributed by atoms with E-state index in [1.54, 1.807) is 0 Å². The van der Waals surface area contributed by atoms with Crippen molar-refractivity contribution >= 4 is 16.8 Å². The molecule has 146 valence electrons. The maximum absolute atomic E-state index is 6.83. The molecular formula is C27H27NO. The minimum Gasteiger partial charge on any atom is -0.471 e. The van der Waals surface area contributed by atoms with E-state index in [2.05, 4.69) is 93.3 Å². The summed E-state index contributed by atoms with van der Waals surface area (Å²) in [5, 5.41) is 2.60. The van der Waals surface area contributed by atoms with Crippen LogP contribution >= 0.6 is 0 Å². The van der Waals surface area contributed by atoms with Crippen LogP contribution < -0.4 is 0 Å². The summed E-state index contributed by atoms with van der Waals surface area (Å²) in [7, 11) is 0. The number of benzene rings is 2. The van der Waals surface area contributed by atoms with Crippen molar-refractivity contribution in [3.05, 3.63) is 88.4 Å². The molecule has 2 heteroatoms. The van der Waals surface area contributed by atoms with Crippen LogP contribution in [0.5, 0.6) is 0 Å². The predicted octanol–water partition coefficient (Wildman–Crippen LogP) is 6.35. The molecule has 0 spiro atoms. The van der Waals surface area contributed by atoms with Crippen LogP contribution in [-0.4, -0.2) is 16.5 Å². The molecule has 0 N–H and O–H groups in total. The summed E-state index contributed by atoms with van der Waals surface area (Å²) in [5.74, 6) is 1.02. The van der Waals surface area contributed by atoms with E-state index in [1.807, 2.05) is 0 Å². The lowest BCUT2D eigenvalue weighted by Gasteiger charge is -2.56. The number of fused-ring (bicyclic) bond motifs is 8. The quantitative estimate of drug-likeness (QED) is 0.493. The largest absolute Gasteiger partial charge is 0.471 e. The van der Waals surface area contributed by atoms with Gasteiger partial charge in [-0.15, -0.1) is 0 Å². The zero-order valence-corrected chi connectivity index (χ0v) is 17.6. The fraction of sp³-hybridized carbons (Fsp3) is 0.333. The Morgan fingerprint density at radius 1 is 1.00 bits per heavy atom. The van der Waals surface area contributed by atoms with Crippen LogP contribution in [0.2, 0.25) is 0 Å². The van der Waals surface area contributed by atoms with Crippen molar-refractivity contribution in [2.75, 3.05) is 0 Å². The van der Waals surface area contributed by atoms with Gasteiger partial charge in [0.2, 0.25) is 0 Å². The Labute approximate surface area is 172 Å². The van der Waals surface area contributed by atoms with Gasteiger partial charge in [0.05, 0.1) is 5.54 Å². The Hall–Kier alpha value is -2.74. The van der Waals surface area contributed by atoms with Crippen LogP contribution in [0.3, 0.4) is 0 Å². The summed E-state index contributed by atoms with van der Waals surface area (Å²) in [4.78, 5) is 2.50. The highest BCUT2D eigenvalue weighted by Crippen LogP contribution is 2.59. The summed E-state index contributed by atoms with van der Waals surface area (Å²) in [6, 6.07) is 13.2. The smallest absolute Gasteiger partial charge is 0.191 e. The van der Waals surface area contributed by atoms with E-state index in [0.29, 0.717) is 0 Å². The second kappa shape index (κ2) is 5.44. The van der Waals surface area contributed by atoms with Crippen LogP contribution in [0.1, 0.15) is 45.2 Å². The Bertz CT molecular complexity index is 1200. The van der Waals surface area contributed by atoms with Crippen LogP contribution in [0.4, 0.5) is 0 Å². The average Bonchev–Trinajstić information content (AvgIpc) is 2.75. The second-order valence-corrected chi connectivity index (χ2v) is 9.51. The maximum Gasteiger partial charge on any atom is 0.191 e. The first kappa shape index (κ1) is 17.1. The van der Waals surface area contributed by atoms with E-state index in [1.165, 1.54) is 38.6 Å². The van der Waals surface area contributed by atoms with Crippen molar-refractivity contribution in [2.24, 2.45) is 5.41 Å². The van der Waals surface area contributed by atoms with Crippen molar-refractivity contribution < 1.29 is 4.74 Å². The Morgan fingerprint density at radius 2 is 1.83 bits per heavy atom. The van der Waals surface area contributed by atoms with Crippen molar-refractivity contribution in [1.29, 1.82) is 0 Å². The first-order valence-electron chi connectivity index (χ1n) is 10.7. The summed E-state index contributed by atoms with van der Waals surface area (Å²) in [5.41, 5.74) is 6.84. The molecule has 2 aliphatic heterocycles. The summed E-state index contributed by atoms with van der Waals surface area (Å²) < 4.78 is 6.83. The Morgan fingerprint density at radius 3 is 2.62 bits per heavy atom. The van der Waals surface area contributed by atoms with Gasteiger partial charge in [-0.05, 0) is 60.7 Å². The van der Waals surface area contributed by atoms with Gasteiger partial charge in [-0.3, -0.25) is 0 Å². The van der Waals surface area contributed by atoms with Crippen LogP contribution in [0, 0.1) is 5.41 Å². The van der Waals surface area contributed by atoms with Crippen LogP contribution in [-0.2, 0) is 11.3 Å². The van der Waals surface area contributed by atoms with Gasteiger partial charge in [-0.25, -0.2) is 0 Å². The summed E-state index contributed by atoms with van der Waals surface area (Å²) in [6.45, 7) is 10.1. The molecule has 1 fully saturated rings. The normalized spacial score (nSPS) is 32.1. The maximum atomic E-state index is 6.83. The fourth-order valence-electron chi connectivity index (χ4n) is 6.04. The van der Waals surface area contributed by atoms with Gasteiger partial charge in [0.1, 0.15) is 6.10 Å². The highest BCUT2D eigenvalue weighted by molar-refractivity contribution is 5.92. The van der Waals surface area contributed by atoms with Crippen LogP contribution in [0.25, 0.3) is 16.8 Å². The second-order valence-electron chi connectivity index (χ2n) is 9.51. The van der Waals surface area contributed by atoms with Crippen molar-refractivity contribution in [2.45, 2.75) is 52.3 Å². The van der Waals surface area contributed by atoms with Gasteiger partial charge in [-0.1, -0.05) is 60.2 Å². The fourth-order valence-corrected chi connectivity index (χ4v) is 6.04. The number of hydrogen-bond acceptors (Lipinski definition) is 2. The van der Waals surface area contributed by atoms with E-state index in [-0.39, 0.29) is 17.1 Å². The minimum atomic E-state index is -0.0768. The van der Waals surface area contributed by atoms with Crippen LogP contribution in [0.15, 0.2) is 77.2 Å². The van der Waals surface area contributed by atoms with E-state index in [0.717, 1.165) is 18.8 Å². The van der Waals surface area contributed by atoms with E-state index >= 15 is 0 Å². The third kappa shape index (κ3) is 2.07. The molecule has 0 amide bonds. The van der Waals surface area contributed by atoms with Gasteiger partial charge >= 0.3 is 0 Å². The molecule has 0 bridgehead atoms. The first-order chi connectivity index (χ1) is 13.9. The number of ether oxygens (including phenoxy) is 1. The third-order valence-electron chi connectivity index (χ3n) is 7.82. The monoisotopic (exact) mass is 381 g/mol. The van der Waals surface area contributed by atoms with Gasteiger partial charge in [-0.2, -0.15) is 0 Å². The molecule has 3 unspecified atom stereocenters. The molecule has 1 saturated heterocycles. The molecule has 2 aliphatic carbocycles. The lowest BCUT2D eigenvalue weighted by atomic mass is 9.56. The van der Waals surface area contributed by atoms with Gasteiger partial charge in [0.15, 0.2) is 5.88 Å². The molecule has 0 aromatic heterocycles. The molecular weight excluding hydrogens is 354 g/mol. The molecule has 2 nitrogen and oxygen atoms in total. The molecule has 4 aliphatic rings. The van der Waals surface area contributed by atoms with Gasteiger partial charge < -0.3 is 9.64 Å². The van der Waals surface area contributed by atoms with E-state index < -0.39 is 0 Å². The highest BCUT2D eigenvalue weighted by atomic mass is 16.5. The topological polar surface area (TPSA) is 12.5 Å². The van der Waals surface area contributed by atoms with E-state index in [9.17, 15) is 0 Å². The lowest BCUT2D eigenvalue weighted by molar-refractivity contribution is 0.0304. The molecule has 2 heterocycles. The van der Waals surface area contributed by atoms with Crippen molar-refractivity contribution in [3.63, 3.8) is 0 Å². The predicted molar refractivity (Wildman–Crippen MR) is 119 cm³/mol. The van der Waals surface area contributed by atoms with Gasteiger partial charge in [0.25, 0.3) is 0 Å². The first-order valence-corrected chi connectivity index (χ1v) is 10.7. The zero-order chi connectivity index (χ0) is 20.0. The third-order valence-corrected chi connectivity index (χ3v) is 7.82. The number of rotatable bonds is 0. The number of hydrogen-bond donors (Lipinski definition) is 0. The number of nitrogens with zero attached hydrogens (tertiary/aromatic N) is 1. The Kier molecular flexibility index (Phi) is 3.22.